The third kappa shape index (κ3) is 4.35. The zero-order valence-corrected chi connectivity index (χ0v) is 11.0. The smallest absolute Gasteiger partial charge is 0.305 e. The van der Waals surface area contributed by atoms with Crippen molar-refractivity contribution < 1.29 is 18.7 Å². The molecule has 0 amide bonds. The zero-order valence-electron chi connectivity index (χ0n) is 11.0. The lowest BCUT2D eigenvalue weighted by Crippen LogP contribution is -2.05. The van der Waals surface area contributed by atoms with Crippen LogP contribution in [0.5, 0.6) is 5.75 Å². The summed E-state index contributed by atoms with van der Waals surface area (Å²) in [5.74, 6) is -0.0958. The van der Waals surface area contributed by atoms with Crippen LogP contribution in [-0.4, -0.2) is 19.7 Å². The molecule has 0 atom stereocenters. The number of benzene rings is 1. The molecule has 1 rings (SSSR count). The van der Waals surface area contributed by atoms with Gasteiger partial charge in [0, 0.05) is 6.42 Å². The summed E-state index contributed by atoms with van der Waals surface area (Å²) < 4.78 is 23.3. The number of rotatable bonds is 6. The van der Waals surface area contributed by atoms with Gasteiger partial charge in [-0.05, 0) is 30.0 Å². The largest absolute Gasteiger partial charge is 0.490 e. The molecule has 100 valence electrons. The first kappa shape index (κ1) is 14.5. The monoisotopic (exact) mass is 254 g/mol. The van der Waals surface area contributed by atoms with Gasteiger partial charge in [-0.1, -0.05) is 19.9 Å². The van der Waals surface area contributed by atoms with Crippen LogP contribution in [0.1, 0.15) is 38.2 Å². The first-order chi connectivity index (χ1) is 8.54. The molecule has 0 aliphatic heterocycles. The van der Waals surface area contributed by atoms with E-state index in [1.807, 2.05) is 13.8 Å². The average molecular weight is 254 g/mol. The van der Waals surface area contributed by atoms with E-state index in [1.165, 1.54) is 13.2 Å². The van der Waals surface area contributed by atoms with Gasteiger partial charge in [-0.3, -0.25) is 4.79 Å². The number of halogens is 1. The van der Waals surface area contributed by atoms with Gasteiger partial charge in [0.05, 0.1) is 13.7 Å². The Hall–Kier alpha value is -1.58. The molecule has 0 saturated heterocycles. The Bertz CT molecular complexity index is 402. The number of hydrogen-bond acceptors (Lipinski definition) is 3. The van der Waals surface area contributed by atoms with E-state index >= 15 is 0 Å². The van der Waals surface area contributed by atoms with Crippen LogP contribution in [0.15, 0.2) is 18.2 Å². The van der Waals surface area contributed by atoms with Gasteiger partial charge in [-0.2, -0.15) is 0 Å². The standard InChI is InChI=1S/C14H19FO3/c1-10(2)11-6-7-12(15)13(9-11)18-8-4-5-14(16)17-3/h6-7,9-10H,4-5,8H2,1-3H3. The van der Waals surface area contributed by atoms with Crippen LogP contribution in [0, 0.1) is 5.82 Å². The Morgan fingerprint density at radius 1 is 1.39 bits per heavy atom. The van der Waals surface area contributed by atoms with Gasteiger partial charge in [0.15, 0.2) is 11.6 Å². The fourth-order valence-electron chi connectivity index (χ4n) is 1.49. The van der Waals surface area contributed by atoms with E-state index in [0.717, 1.165) is 5.56 Å². The summed E-state index contributed by atoms with van der Waals surface area (Å²) in [5.41, 5.74) is 1.03. The average Bonchev–Trinajstić information content (AvgIpc) is 2.35. The Morgan fingerprint density at radius 2 is 2.11 bits per heavy atom. The molecule has 18 heavy (non-hydrogen) atoms. The predicted octanol–water partition coefficient (Wildman–Crippen LogP) is 3.28. The number of methoxy groups -OCH3 is 1. The fraction of sp³-hybridized carbons (Fsp3) is 0.500. The molecule has 0 aliphatic rings. The number of carbonyl (C=O) groups is 1. The minimum Gasteiger partial charge on any atom is -0.490 e. The molecule has 3 nitrogen and oxygen atoms in total. The summed E-state index contributed by atoms with van der Waals surface area (Å²) in [6.07, 6.45) is 0.792. The first-order valence-corrected chi connectivity index (χ1v) is 6.03. The highest BCUT2D eigenvalue weighted by atomic mass is 19.1. The highest BCUT2D eigenvalue weighted by molar-refractivity contribution is 5.69. The molecule has 0 bridgehead atoms. The van der Waals surface area contributed by atoms with Gasteiger partial charge in [0.2, 0.25) is 0 Å². The maximum atomic E-state index is 13.5. The second kappa shape index (κ2) is 6.99. The Kier molecular flexibility index (Phi) is 5.62. The molecule has 0 radical (unpaired) electrons. The number of ether oxygens (including phenoxy) is 2. The number of hydrogen-bond donors (Lipinski definition) is 0. The second-order valence-electron chi connectivity index (χ2n) is 4.37. The highest BCUT2D eigenvalue weighted by Crippen LogP contribution is 2.23. The van der Waals surface area contributed by atoms with E-state index in [-0.39, 0.29) is 24.0 Å². The van der Waals surface area contributed by atoms with Crippen molar-refractivity contribution in [1.82, 2.24) is 0 Å². The normalized spacial score (nSPS) is 10.5. The third-order valence-corrected chi connectivity index (χ3v) is 2.63. The van der Waals surface area contributed by atoms with Crippen LogP contribution < -0.4 is 4.74 Å². The van der Waals surface area contributed by atoms with Crippen molar-refractivity contribution in [3.05, 3.63) is 29.6 Å². The second-order valence-corrected chi connectivity index (χ2v) is 4.37. The first-order valence-electron chi connectivity index (χ1n) is 6.03. The van der Waals surface area contributed by atoms with Crippen molar-refractivity contribution in [2.75, 3.05) is 13.7 Å². The van der Waals surface area contributed by atoms with E-state index in [0.29, 0.717) is 18.9 Å². The van der Waals surface area contributed by atoms with E-state index in [2.05, 4.69) is 4.74 Å². The molecule has 0 aromatic heterocycles. The molecule has 4 heteroatoms. The highest BCUT2D eigenvalue weighted by Gasteiger charge is 2.07. The lowest BCUT2D eigenvalue weighted by molar-refractivity contribution is -0.140. The van der Waals surface area contributed by atoms with Gasteiger partial charge in [-0.25, -0.2) is 4.39 Å². The van der Waals surface area contributed by atoms with Crippen LogP contribution in [0.4, 0.5) is 4.39 Å². The summed E-state index contributed by atoms with van der Waals surface area (Å²) in [6.45, 7) is 4.37. The molecule has 0 aliphatic carbocycles. The SMILES string of the molecule is COC(=O)CCCOc1cc(C(C)C)ccc1F. The number of carbonyl (C=O) groups excluding carboxylic acids is 1. The summed E-state index contributed by atoms with van der Waals surface area (Å²) in [7, 11) is 1.34. The number of esters is 1. The van der Waals surface area contributed by atoms with Crippen molar-refractivity contribution in [3.63, 3.8) is 0 Å². The lowest BCUT2D eigenvalue weighted by atomic mass is 10.0. The van der Waals surface area contributed by atoms with Gasteiger partial charge in [0.25, 0.3) is 0 Å². The van der Waals surface area contributed by atoms with E-state index in [4.69, 9.17) is 4.74 Å². The molecule has 0 N–H and O–H groups in total. The maximum Gasteiger partial charge on any atom is 0.305 e. The summed E-state index contributed by atoms with van der Waals surface area (Å²) in [6, 6.07) is 4.87. The molecular weight excluding hydrogens is 235 g/mol. The van der Waals surface area contributed by atoms with Crippen molar-refractivity contribution >= 4 is 5.97 Å². The minimum atomic E-state index is -0.377. The predicted molar refractivity (Wildman–Crippen MR) is 67.2 cm³/mol. The molecule has 1 aromatic rings. The lowest BCUT2D eigenvalue weighted by Gasteiger charge is -2.10. The van der Waals surface area contributed by atoms with Crippen molar-refractivity contribution in [1.29, 1.82) is 0 Å². The molecule has 1 aromatic carbocycles. The van der Waals surface area contributed by atoms with Crippen LogP contribution >= 0.6 is 0 Å². The maximum absolute atomic E-state index is 13.5. The zero-order chi connectivity index (χ0) is 13.5. The Balaban J connectivity index is 2.51. The van der Waals surface area contributed by atoms with E-state index in [9.17, 15) is 9.18 Å². The summed E-state index contributed by atoms with van der Waals surface area (Å²) in [4.78, 5) is 10.9. The summed E-state index contributed by atoms with van der Waals surface area (Å²) >= 11 is 0. The minimum absolute atomic E-state index is 0.242. The third-order valence-electron chi connectivity index (χ3n) is 2.63. The molecular formula is C14H19FO3. The molecule has 0 fully saturated rings. The Labute approximate surface area is 107 Å². The van der Waals surface area contributed by atoms with Gasteiger partial charge >= 0.3 is 5.97 Å². The van der Waals surface area contributed by atoms with Crippen LogP contribution in [0.25, 0.3) is 0 Å². The molecule has 0 unspecified atom stereocenters. The van der Waals surface area contributed by atoms with Crippen LogP contribution in [0.3, 0.4) is 0 Å². The van der Waals surface area contributed by atoms with Gasteiger partial charge in [0.1, 0.15) is 0 Å². The van der Waals surface area contributed by atoms with Gasteiger partial charge < -0.3 is 9.47 Å². The molecule has 0 saturated carbocycles. The molecule has 0 heterocycles. The van der Waals surface area contributed by atoms with E-state index in [1.54, 1.807) is 12.1 Å². The molecule has 0 spiro atoms. The quantitative estimate of drug-likeness (QED) is 0.577. The van der Waals surface area contributed by atoms with Crippen LogP contribution in [-0.2, 0) is 9.53 Å². The van der Waals surface area contributed by atoms with Crippen LogP contribution in [0.2, 0.25) is 0 Å². The van der Waals surface area contributed by atoms with Crippen molar-refractivity contribution in [2.24, 2.45) is 0 Å². The van der Waals surface area contributed by atoms with E-state index < -0.39 is 0 Å². The Morgan fingerprint density at radius 3 is 2.72 bits per heavy atom. The fourth-order valence-corrected chi connectivity index (χ4v) is 1.49. The van der Waals surface area contributed by atoms with Gasteiger partial charge in [-0.15, -0.1) is 0 Å². The topological polar surface area (TPSA) is 35.5 Å². The van der Waals surface area contributed by atoms with Crippen molar-refractivity contribution in [3.8, 4) is 5.75 Å². The van der Waals surface area contributed by atoms with Crippen molar-refractivity contribution in [2.45, 2.75) is 32.6 Å². The summed E-state index contributed by atoms with van der Waals surface area (Å²) in [5, 5.41) is 0.